The summed E-state index contributed by atoms with van der Waals surface area (Å²) in [6.45, 7) is 1.81. The maximum atomic E-state index is 12.7. The molecule has 0 spiro atoms. The molecule has 4 aliphatic carbocycles. The maximum Gasteiger partial charge on any atom is 0.225 e. The van der Waals surface area contributed by atoms with Crippen LogP contribution in [-0.2, 0) is 9.59 Å². The molecule has 22 heavy (non-hydrogen) atoms. The van der Waals surface area contributed by atoms with Gasteiger partial charge in [0, 0.05) is 18.2 Å². The van der Waals surface area contributed by atoms with E-state index in [9.17, 15) is 9.59 Å². The molecule has 0 aromatic heterocycles. The van der Waals surface area contributed by atoms with E-state index in [-0.39, 0.29) is 30.0 Å². The van der Waals surface area contributed by atoms with Crippen LogP contribution < -0.4 is 10.6 Å². The van der Waals surface area contributed by atoms with Crippen LogP contribution in [0, 0.1) is 23.7 Å². The van der Waals surface area contributed by atoms with Gasteiger partial charge in [-0.25, -0.2) is 0 Å². The highest BCUT2D eigenvalue weighted by atomic mass is 16.3. The van der Waals surface area contributed by atoms with E-state index in [4.69, 9.17) is 5.11 Å². The first-order valence-electron chi connectivity index (χ1n) is 8.68. The van der Waals surface area contributed by atoms with E-state index >= 15 is 0 Å². The molecule has 2 atom stereocenters. The van der Waals surface area contributed by atoms with E-state index in [1.54, 1.807) is 0 Å². The number of amides is 2. The Labute approximate surface area is 132 Å². The molecule has 0 aromatic carbocycles. The molecule has 0 radical (unpaired) electrons. The van der Waals surface area contributed by atoms with Crippen molar-refractivity contribution in [3.63, 3.8) is 0 Å². The molecule has 0 aromatic rings. The number of carbonyl (C=O) groups is 2. The molecule has 0 heterocycles. The van der Waals surface area contributed by atoms with Crippen LogP contribution in [0.25, 0.3) is 0 Å². The zero-order chi connectivity index (χ0) is 15.7. The van der Waals surface area contributed by atoms with Gasteiger partial charge in [0.05, 0.1) is 5.92 Å². The third-order valence-electron chi connectivity index (χ3n) is 6.17. The molecular weight excluding hydrogens is 280 g/mol. The molecule has 4 aliphatic rings. The molecule has 0 aliphatic heterocycles. The van der Waals surface area contributed by atoms with Crippen LogP contribution in [0.3, 0.4) is 0 Å². The first kappa shape index (κ1) is 15.8. The standard InChI is InChI=1S/C17H28N2O3/c1-11(15(2-3-20)18-10-21)16(22)19-17-7-12-4-13(8-17)6-14(5-12)9-17/h10-15,20H,2-9H2,1H3,(H,18,21)(H,19,22). The van der Waals surface area contributed by atoms with E-state index in [0.29, 0.717) is 12.8 Å². The number of aliphatic hydroxyl groups is 1. The van der Waals surface area contributed by atoms with Gasteiger partial charge in [-0.2, -0.15) is 0 Å². The number of nitrogens with one attached hydrogen (secondary N) is 2. The fourth-order valence-electron chi connectivity index (χ4n) is 5.53. The van der Waals surface area contributed by atoms with Crippen LogP contribution in [-0.4, -0.2) is 35.6 Å². The fourth-order valence-corrected chi connectivity index (χ4v) is 5.53. The van der Waals surface area contributed by atoms with Gasteiger partial charge in [0.25, 0.3) is 0 Å². The normalized spacial score (nSPS) is 38.4. The van der Waals surface area contributed by atoms with Gasteiger partial charge < -0.3 is 15.7 Å². The lowest BCUT2D eigenvalue weighted by molar-refractivity contribution is -0.131. The minimum Gasteiger partial charge on any atom is -0.396 e. The summed E-state index contributed by atoms with van der Waals surface area (Å²) in [5.74, 6) is 2.09. The number of rotatable bonds is 7. The van der Waals surface area contributed by atoms with Crippen molar-refractivity contribution in [1.82, 2.24) is 10.6 Å². The van der Waals surface area contributed by atoms with Crippen molar-refractivity contribution in [2.45, 2.75) is 63.5 Å². The van der Waals surface area contributed by atoms with Gasteiger partial charge in [0.15, 0.2) is 0 Å². The third kappa shape index (κ3) is 3.00. The molecule has 3 N–H and O–H groups in total. The Morgan fingerprint density at radius 3 is 2.23 bits per heavy atom. The molecule has 4 fully saturated rings. The van der Waals surface area contributed by atoms with Crippen molar-refractivity contribution in [3.05, 3.63) is 0 Å². The van der Waals surface area contributed by atoms with Crippen LogP contribution in [0.1, 0.15) is 51.9 Å². The summed E-state index contributed by atoms with van der Waals surface area (Å²) in [5, 5.41) is 15.1. The second kappa shape index (κ2) is 6.19. The van der Waals surface area contributed by atoms with Gasteiger partial charge in [0.1, 0.15) is 0 Å². The highest BCUT2D eigenvalue weighted by Gasteiger charge is 2.51. The van der Waals surface area contributed by atoms with Gasteiger partial charge >= 0.3 is 0 Å². The van der Waals surface area contributed by atoms with Crippen molar-refractivity contribution >= 4 is 12.3 Å². The quantitative estimate of drug-likeness (QED) is 0.619. The van der Waals surface area contributed by atoms with E-state index < -0.39 is 0 Å². The summed E-state index contributed by atoms with van der Waals surface area (Å²) in [6, 6.07) is -0.295. The topological polar surface area (TPSA) is 78.4 Å². The van der Waals surface area contributed by atoms with E-state index in [1.807, 2.05) is 6.92 Å². The molecule has 124 valence electrons. The van der Waals surface area contributed by atoms with Crippen molar-refractivity contribution in [2.75, 3.05) is 6.61 Å². The fraction of sp³-hybridized carbons (Fsp3) is 0.882. The van der Waals surface area contributed by atoms with Crippen LogP contribution >= 0.6 is 0 Å². The summed E-state index contributed by atoms with van der Waals surface area (Å²) >= 11 is 0. The van der Waals surface area contributed by atoms with Crippen molar-refractivity contribution in [3.8, 4) is 0 Å². The van der Waals surface area contributed by atoms with E-state index in [0.717, 1.165) is 37.0 Å². The number of aliphatic hydroxyl groups excluding tert-OH is 1. The first-order chi connectivity index (χ1) is 10.5. The number of carbonyl (C=O) groups excluding carboxylic acids is 2. The molecule has 0 saturated heterocycles. The molecule has 5 nitrogen and oxygen atoms in total. The van der Waals surface area contributed by atoms with Gasteiger partial charge in [-0.15, -0.1) is 0 Å². The van der Waals surface area contributed by atoms with Crippen molar-refractivity contribution in [2.24, 2.45) is 23.7 Å². The average molecular weight is 308 g/mol. The van der Waals surface area contributed by atoms with Crippen molar-refractivity contribution in [1.29, 1.82) is 0 Å². The molecular formula is C17H28N2O3. The van der Waals surface area contributed by atoms with Gasteiger partial charge in [-0.1, -0.05) is 6.92 Å². The van der Waals surface area contributed by atoms with Gasteiger partial charge in [0.2, 0.25) is 12.3 Å². The predicted octanol–water partition coefficient (Wildman–Crippen LogP) is 1.20. The highest BCUT2D eigenvalue weighted by Crippen LogP contribution is 2.55. The molecule has 2 amide bonds. The SMILES string of the molecule is CC(C(=O)NC12CC3CC(CC(C3)C1)C2)C(CCO)NC=O. The van der Waals surface area contributed by atoms with E-state index in [1.165, 1.54) is 19.3 Å². The Kier molecular flexibility index (Phi) is 4.44. The molecule has 4 bridgehead atoms. The number of hydrogen-bond donors (Lipinski definition) is 3. The lowest BCUT2D eigenvalue weighted by Crippen LogP contribution is -2.61. The Morgan fingerprint density at radius 2 is 1.77 bits per heavy atom. The molecule has 4 saturated carbocycles. The summed E-state index contributed by atoms with van der Waals surface area (Å²) in [6.07, 6.45) is 8.47. The molecule has 5 heteroatoms. The van der Waals surface area contributed by atoms with Crippen LogP contribution in [0.4, 0.5) is 0 Å². The van der Waals surface area contributed by atoms with Gasteiger partial charge in [-0.3, -0.25) is 9.59 Å². The lowest BCUT2D eigenvalue weighted by atomic mass is 9.53. The van der Waals surface area contributed by atoms with Gasteiger partial charge in [-0.05, 0) is 62.7 Å². The van der Waals surface area contributed by atoms with Crippen LogP contribution in [0.15, 0.2) is 0 Å². The Hall–Kier alpha value is -1.10. The Balaban J connectivity index is 1.64. The summed E-state index contributed by atoms with van der Waals surface area (Å²) in [5.41, 5.74) is 0.00500. The zero-order valence-electron chi connectivity index (χ0n) is 13.4. The molecule has 4 rings (SSSR count). The van der Waals surface area contributed by atoms with Crippen LogP contribution in [0.5, 0.6) is 0 Å². The third-order valence-corrected chi connectivity index (χ3v) is 6.17. The largest absolute Gasteiger partial charge is 0.396 e. The predicted molar refractivity (Wildman–Crippen MR) is 82.9 cm³/mol. The average Bonchev–Trinajstić information content (AvgIpc) is 2.44. The highest BCUT2D eigenvalue weighted by molar-refractivity contribution is 5.80. The van der Waals surface area contributed by atoms with Crippen LogP contribution in [0.2, 0.25) is 0 Å². The van der Waals surface area contributed by atoms with E-state index in [2.05, 4.69) is 10.6 Å². The summed E-state index contributed by atoms with van der Waals surface area (Å²) in [4.78, 5) is 23.4. The summed E-state index contributed by atoms with van der Waals surface area (Å²) in [7, 11) is 0. The Morgan fingerprint density at radius 1 is 1.23 bits per heavy atom. The maximum absolute atomic E-state index is 12.7. The Bertz CT molecular complexity index is 402. The second-order valence-electron chi connectivity index (χ2n) is 7.88. The minimum atomic E-state index is -0.314. The second-order valence-corrected chi connectivity index (χ2v) is 7.88. The minimum absolute atomic E-state index is 0.00500. The number of hydrogen-bond acceptors (Lipinski definition) is 3. The monoisotopic (exact) mass is 308 g/mol. The van der Waals surface area contributed by atoms with Crippen molar-refractivity contribution < 1.29 is 14.7 Å². The zero-order valence-corrected chi connectivity index (χ0v) is 13.4. The smallest absolute Gasteiger partial charge is 0.225 e. The summed E-state index contributed by atoms with van der Waals surface area (Å²) < 4.78 is 0. The first-order valence-corrected chi connectivity index (χ1v) is 8.68. The molecule has 2 unspecified atom stereocenters. The lowest BCUT2D eigenvalue weighted by Gasteiger charge is -2.57.